The molecule has 4 heteroatoms. The van der Waals surface area contributed by atoms with E-state index in [2.05, 4.69) is 19.2 Å². The fourth-order valence-electron chi connectivity index (χ4n) is 1.45. The van der Waals surface area contributed by atoms with Gasteiger partial charge >= 0.3 is 0 Å². The van der Waals surface area contributed by atoms with Gasteiger partial charge in [-0.2, -0.15) is 0 Å². The van der Waals surface area contributed by atoms with Crippen LogP contribution in [0.5, 0.6) is 0 Å². The van der Waals surface area contributed by atoms with Crippen LogP contribution in [-0.2, 0) is 0 Å². The van der Waals surface area contributed by atoms with Crippen LogP contribution in [0, 0.1) is 0 Å². The van der Waals surface area contributed by atoms with E-state index < -0.39 is 0 Å². The van der Waals surface area contributed by atoms with Crippen LogP contribution in [0.3, 0.4) is 0 Å². The number of nitrogens with two attached hydrogens (primary N) is 1. The Morgan fingerprint density at radius 2 is 1.78 bits per heavy atom. The predicted octanol–water partition coefficient (Wildman–Crippen LogP) is 2.70. The van der Waals surface area contributed by atoms with E-state index in [0.717, 1.165) is 0 Å². The first-order chi connectivity index (χ1) is 7.85. The molecule has 1 rings (SSSR count). The van der Waals surface area contributed by atoms with Gasteiger partial charge in [-0.3, -0.25) is 4.79 Å². The van der Waals surface area contributed by atoms with E-state index in [1.807, 2.05) is 38.1 Å². The maximum atomic E-state index is 11.9. The molecule has 1 amide bonds. The van der Waals surface area contributed by atoms with E-state index >= 15 is 0 Å². The van der Waals surface area contributed by atoms with Crippen LogP contribution in [0.2, 0.25) is 0 Å². The van der Waals surface area contributed by atoms with E-state index in [9.17, 15) is 4.79 Å². The molecule has 1 aromatic carbocycles. The molecule has 0 saturated carbocycles. The van der Waals surface area contributed by atoms with Crippen LogP contribution < -0.4 is 11.1 Å². The number of carbonyl (C=O) groups is 1. The lowest BCUT2D eigenvalue weighted by molar-refractivity contribution is 0.0915. The summed E-state index contributed by atoms with van der Waals surface area (Å²) in [7, 11) is 0. The third kappa shape index (κ3) is 4.67. The lowest BCUT2D eigenvalue weighted by Gasteiger charge is -2.24. The molecule has 1 aromatic rings. The van der Waals surface area contributed by atoms with Crippen LogP contribution >= 0.6 is 12.4 Å². The number of nitrogens with one attached hydrogen (secondary N) is 1. The summed E-state index contributed by atoms with van der Waals surface area (Å²) in [6.07, 6.45) is 0. The summed E-state index contributed by atoms with van der Waals surface area (Å²) < 4.78 is 0. The number of benzene rings is 1. The molecule has 0 atom stereocenters. The topological polar surface area (TPSA) is 55.1 Å². The van der Waals surface area contributed by atoms with Gasteiger partial charge in [0.05, 0.1) is 0 Å². The first-order valence-electron chi connectivity index (χ1n) is 5.98. The zero-order valence-corrected chi connectivity index (χ0v) is 12.3. The molecule has 0 heterocycles. The second kappa shape index (κ2) is 6.76. The molecule has 3 nitrogen and oxygen atoms in total. The normalized spacial score (nSPS) is 11.0. The predicted molar refractivity (Wildman–Crippen MR) is 78.4 cm³/mol. The first-order valence-corrected chi connectivity index (χ1v) is 5.98. The molecule has 102 valence electrons. The van der Waals surface area contributed by atoms with Crippen molar-refractivity contribution >= 4 is 18.3 Å². The van der Waals surface area contributed by atoms with E-state index in [1.54, 1.807) is 0 Å². The first kappa shape index (κ1) is 16.9. The molecule has 0 aliphatic carbocycles. The number of halogens is 1. The highest BCUT2D eigenvalue weighted by Crippen LogP contribution is 2.15. The van der Waals surface area contributed by atoms with Gasteiger partial charge in [0.2, 0.25) is 0 Å². The highest BCUT2D eigenvalue weighted by Gasteiger charge is 2.19. The zero-order chi connectivity index (χ0) is 13.1. The van der Waals surface area contributed by atoms with E-state index in [4.69, 9.17) is 5.73 Å². The number of amides is 1. The Kier molecular flexibility index (Phi) is 6.36. The highest BCUT2D eigenvalue weighted by molar-refractivity contribution is 5.94. The van der Waals surface area contributed by atoms with E-state index in [1.165, 1.54) is 5.56 Å². The zero-order valence-electron chi connectivity index (χ0n) is 11.5. The Morgan fingerprint density at radius 3 is 2.17 bits per heavy atom. The average molecular weight is 271 g/mol. The van der Waals surface area contributed by atoms with Gasteiger partial charge in [-0.15, -0.1) is 12.4 Å². The second-order valence-electron chi connectivity index (χ2n) is 5.32. The molecule has 0 fully saturated rings. The summed E-state index contributed by atoms with van der Waals surface area (Å²) in [5.74, 6) is 0.406. The smallest absolute Gasteiger partial charge is 0.251 e. The standard InChI is InChI=1S/C14H22N2O.ClH/c1-10(2)11-5-7-12(8-6-11)13(17)16-14(3,4)9-15;/h5-8,10H,9,15H2,1-4H3,(H,16,17);1H. The fraction of sp³-hybridized carbons (Fsp3) is 0.500. The maximum absolute atomic E-state index is 11.9. The average Bonchev–Trinajstić information content (AvgIpc) is 2.28. The highest BCUT2D eigenvalue weighted by atomic mass is 35.5. The minimum atomic E-state index is -0.367. The van der Waals surface area contributed by atoms with E-state index in [0.29, 0.717) is 18.0 Å². The molecule has 0 spiro atoms. The number of hydrogen-bond donors (Lipinski definition) is 2. The van der Waals surface area contributed by atoms with Gasteiger partial charge in [0.25, 0.3) is 5.91 Å². The van der Waals surface area contributed by atoms with Crippen molar-refractivity contribution in [1.29, 1.82) is 0 Å². The maximum Gasteiger partial charge on any atom is 0.251 e. The van der Waals surface area contributed by atoms with Crippen LogP contribution in [0.25, 0.3) is 0 Å². The molecule has 0 unspecified atom stereocenters. The van der Waals surface area contributed by atoms with Gasteiger partial charge < -0.3 is 11.1 Å². The molecule has 3 N–H and O–H groups in total. The third-order valence-electron chi connectivity index (χ3n) is 2.80. The minimum absolute atomic E-state index is 0. The van der Waals surface area contributed by atoms with Gasteiger partial charge in [-0.05, 0) is 37.5 Å². The molecule has 0 bridgehead atoms. The summed E-state index contributed by atoms with van der Waals surface area (Å²) in [5, 5.41) is 2.91. The molecular formula is C14H23ClN2O. The lowest BCUT2D eigenvalue weighted by atomic mass is 10.0. The van der Waals surface area contributed by atoms with E-state index in [-0.39, 0.29) is 23.9 Å². The van der Waals surface area contributed by atoms with Gasteiger partial charge in [-0.1, -0.05) is 26.0 Å². The van der Waals surface area contributed by atoms with Crippen molar-refractivity contribution in [2.45, 2.75) is 39.2 Å². The molecule has 18 heavy (non-hydrogen) atoms. The molecule has 0 aliphatic rings. The van der Waals surface area contributed by atoms with Gasteiger partial charge in [0.15, 0.2) is 0 Å². The van der Waals surface area contributed by atoms with Crippen molar-refractivity contribution in [1.82, 2.24) is 5.32 Å². The van der Waals surface area contributed by atoms with Gasteiger partial charge in [-0.25, -0.2) is 0 Å². The monoisotopic (exact) mass is 270 g/mol. The van der Waals surface area contributed by atoms with Crippen molar-refractivity contribution in [2.24, 2.45) is 5.73 Å². The Hall–Kier alpha value is -1.06. The number of rotatable bonds is 4. The van der Waals surface area contributed by atoms with Crippen molar-refractivity contribution in [3.8, 4) is 0 Å². The quantitative estimate of drug-likeness (QED) is 0.884. The molecule has 0 saturated heterocycles. The van der Waals surface area contributed by atoms with Crippen molar-refractivity contribution in [2.75, 3.05) is 6.54 Å². The number of carbonyl (C=O) groups excluding carboxylic acids is 1. The van der Waals surface area contributed by atoms with Crippen molar-refractivity contribution < 1.29 is 4.79 Å². The summed E-state index contributed by atoms with van der Waals surface area (Å²) in [6, 6.07) is 7.71. The Balaban J connectivity index is 0.00000289. The largest absolute Gasteiger partial charge is 0.346 e. The molecular weight excluding hydrogens is 248 g/mol. The molecule has 0 aliphatic heterocycles. The van der Waals surface area contributed by atoms with Crippen LogP contribution in [-0.4, -0.2) is 18.0 Å². The second-order valence-corrected chi connectivity index (χ2v) is 5.32. The Bertz CT molecular complexity index is 385. The Morgan fingerprint density at radius 1 is 1.28 bits per heavy atom. The van der Waals surface area contributed by atoms with Crippen LogP contribution in [0.4, 0.5) is 0 Å². The molecule has 0 radical (unpaired) electrons. The lowest BCUT2D eigenvalue weighted by Crippen LogP contribution is -2.48. The summed E-state index contributed by atoms with van der Waals surface area (Å²) in [5.41, 5.74) is 7.13. The van der Waals surface area contributed by atoms with Gasteiger partial charge in [0, 0.05) is 17.6 Å². The third-order valence-corrected chi connectivity index (χ3v) is 2.80. The fourth-order valence-corrected chi connectivity index (χ4v) is 1.45. The SMILES string of the molecule is CC(C)c1ccc(C(=O)NC(C)(C)CN)cc1.Cl. The Labute approximate surface area is 116 Å². The summed E-state index contributed by atoms with van der Waals surface area (Å²) >= 11 is 0. The summed E-state index contributed by atoms with van der Waals surface area (Å²) in [4.78, 5) is 11.9. The molecule has 0 aromatic heterocycles. The van der Waals surface area contributed by atoms with Gasteiger partial charge in [0.1, 0.15) is 0 Å². The van der Waals surface area contributed by atoms with Crippen LogP contribution in [0.1, 0.15) is 49.5 Å². The van der Waals surface area contributed by atoms with Crippen LogP contribution in [0.15, 0.2) is 24.3 Å². The minimum Gasteiger partial charge on any atom is -0.346 e. The van der Waals surface area contributed by atoms with Crippen molar-refractivity contribution in [3.05, 3.63) is 35.4 Å². The summed E-state index contributed by atoms with van der Waals surface area (Å²) in [6.45, 7) is 8.50. The van der Waals surface area contributed by atoms with Crippen molar-refractivity contribution in [3.63, 3.8) is 0 Å². The number of hydrogen-bond acceptors (Lipinski definition) is 2.